The molecule has 0 nitrogen and oxygen atoms in total. The molecular formula is C20H36Cl2. The smallest absolute Gasteiger partial charge is 0.0257 e. The fraction of sp³-hybridized carbons (Fsp3) is 0.800. The lowest BCUT2D eigenvalue weighted by Crippen LogP contribution is -2.07. The van der Waals surface area contributed by atoms with Crippen molar-refractivity contribution < 1.29 is 0 Å². The molecule has 6 atom stereocenters. The van der Waals surface area contributed by atoms with Gasteiger partial charge in [0.05, 0.1) is 0 Å². The number of fused-ring (bicyclic) bond motifs is 4. The van der Waals surface area contributed by atoms with Gasteiger partial charge in [0.15, 0.2) is 0 Å². The topological polar surface area (TPSA) is 0 Å². The summed E-state index contributed by atoms with van der Waals surface area (Å²) in [6, 6.07) is 0. The molecule has 22 heavy (non-hydrogen) atoms. The highest BCUT2D eigenvalue weighted by atomic mass is 35.5. The Morgan fingerprint density at radius 3 is 1.45 bits per heavy atom. The van der Waals surface area contributed by atoms with Crippen molar-refractivity contribution in [2.75, 3.05) is 11.8 Å². The number of allylic oxidation sites excluding steroid dienone is 4. The molecule has 130 valence electrons. The van der Waals surface area contributed by atoms with Crippen LogP contribution in [0.4, 0.5) is 0 Å². The number of halogens is 2. The molecule has 0 spiro atoms. The first-order chi connectivity index (χ1) is 9.30. The second-order valence-electron chi connectivity index (χ2n) is 6.71. The molecule has 0 amide bonds. The summed E-state index contributed by atoms with van der Waals surface area (Å²) < 4.78 is 0. The molecule has 0 heterocycles. The van der Waals surface area contributed by atoms with Crippen molar-refractivity contribution in [2.45, 2.75) is 54.4 Å². The molecule has 4 aliphatic carbocycles. The number of hydrogen-bond donors (Lipinski definition) is 0. The van der Waals surface area contributed by atoms with Gasteiger partial charge >= 0.3 is 0 Å². The first-order valence-electron chi connectivity index (χ1n) is 7.78. The molecule has 4 rings (SSSR count). The van der Waals surface area contributed by atoms with Gasteiger partial charge in [-0.2, -0.15) is 0 Å². The Hall–Kier alpha value is 0.0600. The Morgan fingerprint density at radius 2 is 1.18 bits per heavy atom. The van der Waals surface area contributed by atoms with Crippen LogP contribution in [0.1, 0.15) is 54.4 Å². The lowest BCUT2D eigenvalue weighted by molar-refractivity contribution is 0.436. The van der Waals surface area contributed by atoms with Crippen LogP contribution in [0.15, 0.2) is 24.3 Å². The molecule has 2 fully saturated rings. The van der Waals surface area contributed by atoms with Crippen LogP contribution in [-0.2, 0) is 0 Å². The van der Waals surface area contributed by atoms with E-state index in [0.717, 1.165) is 47.3 Å². The summed E-state index contributed by atoms with van der Waals surface area (Å²) >= 11 is 11.5. The maximum absolute atomic E-state index is 5.77. The monoisotopic (exact) mass is 346 g/mol. The molecule has 0 aromatic carbocycles. The first kappa shape index (κ1) is 22.1. The largest absolute Gasteiger partial charge is 0.127 e. The molecule has 4 bridgehead atoms. The van der Waals surface area contributed by atoms with Crippen molar-refractivity contribution >= 4 is 23.2 Å². The standard InChI is InChI=1S/C9H13Cl.C8H11Cl.3CH4/c10-4-3-9-6-7-1-2-8(9)5-7;9-5-8-4-6-1-2-7(8)3-6;;;/h1-2,7-9H,3-6H2;1-2,6-8H,3-5H2;3*1H4. The molecule has 0 saturated heterocycles. The third-order valence-corrected chi connectivity index (χ3v) is 6.13. The lowest BCUT2D eigenvalue weighted by atomic mass is 9.91. The minimum atomic E-state index is 0. The van der Waals surface area contributed by atoms with Crippen LogP contribution in [0.25, 0.3) is 0 Å². The third kappa shape index (κ3) is 4.78. The maximum Gasteiger partial charge on any atom is 0.0257 e. The minimum absolute atomic E-state index is 0. The van der Waals surface area contributed by atoms with Crippen molar-refractivity contribution in [3.8, 4) is 0 Å². The van der Waals surface area contributed by atoms with Crippen LogP contribution < -0.4 is 0 Å². The van der Waals surface area contributed by atoms with E-state index in [4.69, 9.17) is 23.2 Å². The zero-order valence-corrected chi connectivity index (χ0v) is 13.0. The van der Waals surface area contributed by atoms with E-state index >= 15 is 0 Å². The Balaban J connectivity index is 0.000000354. The normalized spacial score (nSPS) is 38.6. The van der Waals surface area contributed by atoms with E-state index in [0.29, 0.717) is 0 Å². The average Bonchev–Trinajstić information content (AvgIpc) is 3.19. The molecule has 0 radical (unpaired) electrons. The Labute approximate surface area is 149 Å². The van der Waals surface area contributed by atoms with Gasteiger partial charge in [0.25, 0.3) is 0 Å². The summed E-state index contributed by atoms with van der Waals surface area (Å²) in [6.45, 7) is 0. The van der Waals surface area contributed by atoms with Crippen molar-refractivity contribution in [2.24, 2.45) is 35.5 Å². The van der Waals surface area contributed by atoms with E-state index in [1.165, 1.54) is 32.1 Å². The minimum Gasteiger partial charge on any atom is -0.127 e. The summed E-state index contributed by atoms with van der Waals surface area (Å²) in [7, 11) is 0. The van der Waals surface area contributed by atoms with Gasteiger partial charge in [-0.15, -0.1) is 23.2 Å². The van der Waals surface area contributed by atoms with Crippen molar-refractivity contribution in [1.29, 1.82) is 0 Å². The lowest BCUT2D eigenvalue weighted by Gasteiger charge is -2.15. The van der Waals surface area contributed by atoms with Gasteiger partial charge < -0.3 is 0 Å². The molecule has 0 N–H and O–H groups in total. The van der Waals surface area contributed by atoms with Gasteiger partial charge in [-0.1, -0.05) is 46.6 Å². The summed E-state index contributed by atoms with van der Waals surface area (Å²) in [5.74, 6) is 6.98. The number of alkyl halides is 2. The van der Waals surface area contributed by atoms with E-state index in [9.17, 15) is 0 Å². The summed E-state index contributed by atoms with van der Waals surface area (Å²) in [5.41, 5.74) is 0. The molecule has 4 aliphatic rings. The highest BCUT2D eigenvalue weighted by Gasteiger charge is 2.35. The zero-order chi connectivity index (χ0) is 13.2. The number of rotatable bonds is 3. The molecule has 0 aromatic rings. The van der Waals surface area contributed by atoms with Gasteiger partial charge in [0, 0.05) is 11.8 Å². The first-order valence-corrected chi connectivity index (χ1v) is 8.85. The van der Waals surface area contributed by atoms with Crippen LogP contribution in [0, 0.1) is 35.5 Å². The summed E-state index contributed by atoms with van der Waals surface area (Å²) in [6.07, 6.45) is 16.3. The van der Waals surface area contributed by atoms with Crippen LogP contribution in [0.2, 0.25) is 0 Å². The summed E-state index contributed by atoms with van der Waals surface area (Å²) in [4.78, 5) is 0. The highest BCUT2D eigenvalue weighted by molar-refractivity contribution is 6.18. The van der Waals surface area contributed by atoms with E-state index in [1.807, 2.05) is 0 Å². The highest BCUT2D eigenvalue weighted by Crippen LogP contribution is 2.45. The van der Waals surface area contributed by atoms with E-state index in [2.05, 4.69) is 24.3 Å². The van der Waals surface area contributed by atoms with Crippen molar-refractivity contribution in [3.63, 3.8) is 0 Å². The average molecular weight is 347 g/mol. The zero-order valence-electron chi connectivity index (χ0n) is 11.5. The van der Waals surface area contributed by atoms with Gasteiger partial charge in [0.2, 0.25) is 0 Å². The third-order valence-electron chi connectivity index (χ3n) is 5.51. The predicted molar refractivity (Wildman–Crippen MR) is 104 cm³/mol. The molecule has 6 unspecified atom stereocenters. The molecule has 0 aliphatic heterocycles. The van der Waals surface area contributed by atoms with Gasteiger partial charge in [-0.3, -0.25) is 0 Å². The van der Waals surface area contributed by atoms with Crippen LogP contribution in [-0.4, -0.2) is 11.8 Å². The van der Waals surface area contributed by atoms with E-state index in [-0.39, 0.29) is 22.3 Å². The van der Waals surface area contributed by atoms with Crippen LogP contribution in [0.5, 0.6) is 0 Å². The number of hydrogen-bond acceptors (Lipinski definition) is 0. The fourth-order valence-electron chi connectivity index (χ4n) is 4.44. The molecule has 2 saturated carbocycles. The van der Waals surface area contributed by atoms with Crippen LogP contribution >= 0.6 is 23.2 Å². The second kappa shape index (κ2) is 10.0. The molecular weight excluding hydrogens is 311 g/mol. The Kier molecular flexibility index (Phi) is 10.1. The predicted octanol–water partition coefficient (Wildman–Crippen LogP) is 7.17. The van der Waals surface area contributed by atoms with Crippen LogP contribution in [0.3, 0.4) is 0 Å². The second-order valence-corrected chi connectivity index (χ2v) is 7.40. The SMILES string of the molecule is C.C.C.ClCC1CC2C=CC1C2.ClCCC1CC2C=CC1C2. The summed E-state index contributed by atoms with van der Waals surface area (Å²) in [5, 5.41) is 0. The van der Waals surface area contributed by atoms with E-state index < -0.39 is 0 Å². The van der Waals surface area contributed by atoms with Crippen molar-refractivity contribution in [3.05, 3.63) is 24.3 Å². The Bertz CT molecular complexity index is 361. The quantitative estimate of drug-likeness (QED) is 0.375. The molecule has 2 heteroatoms. The fourth-order valence-corrected chi connectivity index (χ4v) is 5.07. The Morgan fingerprint density at radius 1 is 0.682 bits per heavy atom. The maximum atomic E-state index is 5.77. The van der Waals surface area contributed by atoms with E-state index in [1.54, 1.807) is 0 Å². The van der Waals surface area contributed by atoms with Gasteiger partial charge in [-0.05, 0) is 67.6 Å². The van der Waals surface area contributed by atoms with Crippen molar-refractivity contribution in [1.82, 2.24) is 0 Å². The van der Waals surface area contributed by atoms with Gasteiger partial charge in [0.1, 0.15) is 0 Å². The van der Waals surface area contributed by atoms with Gasteiger partial charge in [-0.25, -0.2) is 0 Å². The molecule has 0 aromatic heterocycles.